The lowest BCUT2D eigenvalue weighted by atomic mass is 10.2. The summed E-state index contributed by atoms with van der Waals surface area (Å²) in [5, 5.41) is 9.64. The number of rotatable bonds is 5. The topological polar surface area (TPSA) is 116 Å². The van der Waals surface area contributed by atoms with Crippen LogP contribution in [0.2, 0.25) is 0 Å². The molecule has 0 atom stereocenters. The molecule has 0 radical (unpaired) electrons. The third kappa shape index (κ3) is 4.63. The van der Waals surface area contributed by atoms with Crippen molar-refractivity contribution in [3.05, 3.63) is 59.7 Å². The van der Waals surface area contributed by atoms with Crippen molar-refractivity contribution in [1.82, 2.24) is 15.2 Å². The molecule has 0 spiro atoms. The van der Waals surface area contributed by atoms with Gasteiger partial charge in [-0.2, -0.15) is 4.31 Å². The molecule has 0 aliphatic heterocycles. The van der Waals surface area contributed by atoms with Crippen LogP contribution in [-0.4, -0.2) is 42.7 Å². The molecule has 2 aromatic rings. The number of nitrogens with zero attached hydrogens (tertiary/aromatic N) is 1. The molecule has 27 heavy (non-hydrogen) atoms. The smallest absolute Gasteiger partial charge is 0.273 e. The number of hydrogen-bond donors (Lipinski definition) is 3. The molecule has 0 saturated heterocycles. The minimum absolute atomic E-state index is 0.00677. The van der Waals surface area contributed by atoms with E-state index >= 15 is 0 Å². The highest BCUT2D eigenvalue weighted by molar-refractivity contribution is 7.89. The number of carbonyl (C=O) groups excluding carboxylic acids is 2. The van der Waals surface area contributed by atoms with E-state index in [0.29, 0.717) is 0 Å². The average molecular weight is 391 g/mol. The van der Waals surface area contributed by atoms with E-state index < -0.39 is 21.8 Å². The Balaban J connectivity index is 2.14. The zero-order valence-electron chi connectivity index (χ0n) is 15.1. The highest BCUT2D eigenvalue weighted by atomic mass is 32.2. The predicted molar refractivity (Wildman–Crippen MR) is 99.6 cm³/mol. The first kappa shape index (κ1) is 20.4. The molecule has 2 rings (SSSR count). The van der Waals surface area contributed by atoms with Crippen molar-refractivity contribution < 1.29 is 23.1 Å². The van der Waals surface area contributed by atoms with Crippen LogP contribution in [0.1, 0.15) is 34.6 Å². The lowest BCUT2D eigenvalue weighted by Gasteiger charge is -2.21. The third-order valence-corrected chi connectivity index (χ3v) is 5.97. The second kappa shape index (κ2) is 8.19. The van der Waals surface area contributed by atoms with Crippen LogP contribution in [-0.2, 0) is 10.0 Å². The van der Waals surface area contributed by atoms with Gasteiger partial charge in [-0.05, 0) is 44.2 Å². The predicted octanol–water partition coefficient (Wildman–Crippen LogP) is 1.50. The number of aromatic hydroxyl groups is 1. The van der Waals surface area contributed by atoms with Gasteiger partial charge in [-0.25, -0.2) is 8.42 Å². The number of hydrogen-bond acceptors (Lipinski definition) is 5. The van der Waals surface area contributed by atoms with Gasteiger partial charge in [0.2, 0.25) is 10.0 Å². The van der Waals surface area contributed by atoms with Gasteiger partial charge in [0.05, 0.1) is 10.5 Å². The Morgan fingerprint density at radius 3 is 2.26 bits per heavy atom. The fourth-order valence-electron chi connectivity index (χ4n) is 2.16. The van der Waals surface area contributed by atoms with Crippen LogP contribution in [0.3, 0.4) is 0 Å². The number of phenolic OH excluding ortho intramolecular Hbond substituents is 1. The van der Waals surface area contributed by atoms with Crippen LogP contribution in [0, 0.1) is 0 Å². The van der Waals surface area contributed by atoms with E-state index in [9.17, 15) is 23.1 Å². The Morgan fingerprint density at radius 1 is 1.00 bits per heavy atom. The van der Waals surface area contributed by atoms with Crippen LogP contribution in [0.4, 0.5) is 0 Å². The zero-order chi connectivity index (χ0) is 20.2. The second-order valence-electron chi connectivity index (χ2n) is 6.07. The summed E-state index contributed by atoms with van der Waals surface area (Å²) in [6, 6.07) is 11.1. The van der Waals surface area contributed by atoms with E-state index in [1.165, 1.54) is 47.8 Å². The van der Waals surface area contributed by atoms with E-state index in [1.807, 2.05) is 0 Å². The Bertz CT molecular complexity index is 957. The molecule has 0 heterocycles. The highest BCUT2D eigenvalue weighted by Crippen LogP contribution is 2.18. The highest BCUT2D eigenvalue weighted by Gasteiger charge is 2.24. The number of phenols is 1. The van der Waals surface area contributed by atoms with E-state index in [0.717, 1.165) is 0 Å². The van der Waals surface area contributed by atoms with Gasteiger partial charge >= 0.3 is 0 Å². The third-order valence-electron chi connectivity index (χ3n) is 3.94. The first-order valence-corrected chi connectivity index (χ1v) is 9.55. The minimum atomic E-state index is -3.74. The lowest BCUT2D eigenvalue weighted by Crippen LogP contribution is -2.41. The molecule has 8 nitrogen and oxygen atoms in total. The van der Waals surface area contributed by atoms with Crippen LogP contribution in [0.25, 0.3) is 0 Å². The van der Waals surface area contributed by atoms with Gasteiger partial charge in [-0.15, -0.1) is 0 Å². The summed E-state index contributed by atoms with van der Waals surface area (Å²) < 4.78 is 26.3. The van der Waals surface area contributed by atoms with Crippen molar-refractivity contribution in [2.24, 2.45) is 0 Å². The number of hydrazine groups is 1. The average Bonchev–Trinajstić information content (AvgIpc) is 2.65. The molecular weight excluding hydrogens is 370 g/mol. The van der Waals surface area contributed by atoms with Gasteiger partial charge in [-0.1, -0.05) is 18.2 Å². The van der Waals surface area contributed by atoms with Crippen molar-refractivity contribution in [1.29, 1.82) is 0 Å². The first-order valence-electron chi connectivity index (χ1n) is 8.11. The summed E-state index contributed by atoms with van der Waals surface area (Å²) in [5.41, 5.74) is 4.43. The summed E-state index contributed by atoms with van der Waals surface area (Å²) in [6.07, 6.45) is 0. The lowest BCUT2D eigenvalue weighted by molar-refractivity contribution is 0.0845. The summed E-state index contributed by atoms with van der Waals surface area (Å²) in [7, 11) is -2.28. The molecule has 0 saturated carbocycles. The molecule has 0 unspecified atom stereocenters. The summed E-state index contributed by atoms with van der Waals surface area (Å²) in [5.74, 6) is -1.62. The Labute approximate surface area is 157 Å². The van der Waals surface area contributed by atoms with Gasteiger partial charge in [-0.3, -0.25) is 20.4 Å². The molecular formula is C18H21N3O5S. The van der Waals surface area contributed by atoms with Crippen LogP contribution >= 0.6 is 0 Å². The molecule has 0 aliphatic rings. The Kier molecular flexibility index (Phi) is 6.19. The van der Waals surface area contributed by atoms with E-state index in [1.54, 1.807) is 26.0 Å². The molecule has 2 amide bonds. The molecule has 144 valence electrons. The number of para-hydroxylation sites is 1. The second-order valence-corrected chi connectivity index (χ2v) is 8.07. The van der Waals surface area contributed by atoms with Gasteiger partial charge in [0.25, 0.3) is 11.8 Å². The molecule has 0 bridgehead atoms. The Hall–Kier alpha value is -2.91. The van der Waals surface area contributed by atoms with Gasteiger partial charge < -0.3 is 5.11 Å². The maximum Gasteiger partial charge on any atom is 0.273 e. The molecule has 3 N–H and O–H groups in total. The summed E-state index contributed by atoms with van der Waals surface area (Å²) in [6.45, 7) is 3.48. The van der Waals surface area contributed by atoms with Gasteiger partial charge in [0, 0.05) is 18.7 Å². The number of amides is 2. The first-order chi connectivity index (χ1) is 12.6. The number of carbonyl (C=O) groups is 2. The SMILES string of the molecule is CC(C)N(C)S(=O)(=O)c1cccc(C(=O)NNC(=O)c2ccccc2O)c1. The molecule has 0 fully saturated rings. The maximum absolute atomic E-state index is 12.5. The minimum Gasteiger partial charge on any atom is -0.507 e. The maximum atomic E-state index is 12.5. The van der Waals surface area contributed by atoms with Crippen LogP contribution in [0.5, 0.6) is 5.75 Å². The largest absolute Gasteiger partial charge is 0.507 e. The van der Waals surface area contributed by atoms with Crippen molar-refractivity contribution in [2.45, 2.75) is 24.8 Å². The van der Waals surface area contributed by atoms with Crippen LogP contribution in [0.15, 0.2) is 53.4 Å². The van der Waals surface area contributed by atoms with Crippen LogP contribution < -0.4 is 10.9 Å². The fraction of sp³-hybridized carbons (Fsp3) is 0.222. The van der Waals surface area contributed by atoms with E-state index in [2.05, 4.69) is 10.9 Å². The normalized spacial score (nSPS) is 11.4. The number of nitrogens with one attached hydrogen (secondary N) is 2. The number of benzene rings is 2. The van der Waals surface area contributed by atoms with Crippen molar-refractivity contribution in [3.8, 4) is 5.75 Å². The van der Waals surface area contributed by atoms with Gasteiger partial charge in [0.1, 0.15) is 5.75 Å². The fourth-order valence-corrected chi connectivity index (χ4v) is 3.57. The van der Waals surface area contributed by atoms with E-state index in [4.69, 9.17) is 0 Å². The molecule has 2 aromatic carbocycles. The Morgan fingerprint density at radius 2 is 1.63 bits per heavy atom. The monoisotopic (exact) mass is 391 g/mol. The standard InChI is InChI=1S/C18H21N3O5S/c1-12(2)21(3)27(25,26)14-8-6-7-13(11-14)17(23)19-20-18(24)15-9-4-5-10-16(15)22/h4-12,22H,1-3H3,(H,19,23)(H,20,24). The van der Waals surface area contributed by atoms with Crippen molar-refractivity contribution in [3.63, 3.8) is 0 Å². The quantitative estimate of drug-likeness (QED) is 0.668. The zero-order valence-corrected chi connectivity index (χ0v) is 15.9. The summed E-state index contributed by atoms with van der Waals surface area (Å²) >= 11 is 0. The molecule has 0 aromatic heterocycles. The molecule has 9 heteroatoms. The number of sulfonamides is 1. The van der Waals surface area contributed by atoms with Crippen molar-refractivity contribution >= 4 is 21.8 Å². The molecule has 0 aliphatic carbocycles. The van der Waals surface area contributed by atoms with Gasteiger partial charge in [0.15, 0.2) is 0 Å². The van der Waals surface area contributed by atoms with E-state index in [-0.39, 0.29) is 27.8 Å². The van der Waals surface area contributed by atoms with Crippen molar-refractivity contribution in [2.75, 3.05) is 7.05 Å². The summed E-state index contributed by atoms with van der Waals surface area (Å²) in [4.78, 5) is 24.2.